The fourth-order valence-corrected chi connectivity index (χ4v) is 6.65. The van der Waals surface area contributed by atoms with Gasteiger partial charge in [-0.1, -0.05) is 91.3 Å². The molecule has 1 amide bonds. The van der Waals surface area contributed by atoms with Crippen LogP contribution in [0.15, 0.2) is 84.9 Å². The van der Waals surface area contributed by atoms with Gasteiger partial charge in [0.25, 0.3) is 0 Å². The van der Waals surface area contributed by atoms with Crippen LogP contribution in [-0.2, 0) is 11.3 Å². The van der Waals surface area contributed by atoms with E-state index in [1.54, 1.807) is 0 Å². The minimum Gasteiger partial charge on any atom is -0.335 e. The Morgan fingerprint density at radius 1 is 0.767 bits per heavy atom. The number of rotatable bonds is 3. The monoisotopic (exact) mass is 393 g/mol. The van der Waals surface area contributed by atoms with E-state index in [1.165, 1.54) is 35.1 Å². The third kappa shape index (κ3) is 2.66. The summed E-state index contributed by atoms with van der Waals surface area (Å²) >= 11 is 0. The Morgan fingerprint density at radius 2 is 1.43 bits per heavy atom. The molecule has 150 valence electrons. The molecule has 0 radical (unpaired) electrons. The molecule has 1 saturated heterocycles. The number of fused-ring (bicyclic) bond motifs is 2. The predicted molar refractivity (Wildman–Crippen MR) is 119 cm³/mol. The third-order valence-electron chi connectivity index (χ3n) is 7.75. The molecule has 6 rings (SSSR count). The van der Waals surface area contributed by atoms with Crippen LogP contribution in [0.25, 0.3) is 0 Å². The average Bonchev–Trinajstić information content (AvgIpc) is 3.08. The second-order valence-electron chi connectivity index (χ2n) is 9.18. The molecule has 1 saturated carbocycles. The lowest BCUT2D eigenvalue weighted by molar-refractivity contribution is -0.133. The standard InChI is InChI=1S/C28H27NO/c30-28-27-25(20-12-5-2-6-13-20)22-15-8-7-14-21(22)23-16-9-17-24(26(23)27)29(28)18-19-10-3-1-4-11-19/h1-8,10-15,23-27H,9,16-18H2/t23-,24-,25+,26+,27+/m0/s1. The van der Waals surface area contributed by atoms with Gasteiger partial charge in [0, 0.05) is 18.5 Å². The third-order valence-corrected chi connectivity index (χ3v) is 7.75. The molecule has 0 bridgehead atoms. The minimum atomic E-state index is 0.0568. The van der Waals surface area contributed by atoms with Crippen molar-refractivity contribution in [3.63, 3.8) is 0 Å². The van der Waals surface area contributed by atoms with Crippen molar-refractivity contribution in [3.05, 3.63) is 107 Å². The van der Waals surface area contributed by atoms with E-state index in [2.05, 4.69) is 83.8 Å². The van der Waals surface area contributed by atoms with Crippen LogP contribution < -0.4 is 0 Å². The van der Waals surface area contributed by atoms with E-state index < -0.39 is 0 Å². The molecule has 5 atom stereocenters. The quantitative estimate of drug-likeness (QED) is 0.555. The van der Waals surface area contributed by atoms with E-state index >= 15 is 0 Å². The van der Waals surface area contributed by atoms with Gasteiger partial charge in [-0.15, -0.1) is 0 Å². The number of carbonyl (C=O) groups excluding carboxylic acids is 1. The molecule has 0 spiro atoms. The zero-order valence-corrected chi connectivity index (χ0v) is 17.2. The van der Waals surface area contributed by atoms with E-state index in [-0.39, 0.29) is 11.8 Å². The van der Waals surface area contributed by atoms with Crippen LogP contribution in [0.1, 0.15) is 53.4 Å². The van der Waals surface area contributed by atoms with E-state index in [0.29, 0.717) is 23.8 Å². The molecule has 2 fully saturated rings. The van der Waals surface area contributed by atoms with Gasteiger partial charge in [0.15, 0.2) is 0 Å². The molecular weight excluding hydrogens is 366 g/mol. The average molecular weight is 394 g/mol. The first kappa shape index (κ1) is 17.9. The van der Waals surface area contributed by atoms with Crippen LogP contribution in [0.5, 0.6) is 0 Å². The number of hydrogen-bond donors (Lipinski definition) is 0. The topological polar surface area (TPSA) is 20.3 Å². The van der Waals surface area contributed by atoms with Gasteiger partial charge in [-0.2, -0.15) is 0 Å². The van der Waals surface area contributed by atoms with Crippen molar-refractivity contribution in [1.29, 1.82) is 0 Å². The first-order valence-corrected chi connectivity index (χ1v) is 11.3. The Hall–Kier alpha value is -2.87. The first-order chi connectivity index (χ1) is 14.8. The maximum Gasteiger partial charge on any atom is 0.227 e. The van der Waals surface area contributed by atoms with Crippen molar-refractivity contribution in [3.8, 4) is 0 Å². The molecule has 0 aromatic heterocycles. The molecule has 30 heavy (non-hydrogen) atoms. The fourth-order valence-electron chi connectivity index (χ4n) is 6.65. The molecule has 2 aliphatic carbocycles. The highest BCUT2D eigenvalue weighted by Crippen LogP contribution is 2.59. The predicted octanol–water partition coefficient (Wildman–Crippen LogP) is 5.74. The van der Waals surface area contributed by atoms with Crippen molar-refractivity contribution >= 4 is 5.91 Å². The summed E-state index contributed by atoms with van der Waals surface area (Å²) in [6.07, 6.45) is 3.56. The number of benzene rings is 3. The summed E-state index contributed by atoms with van der Waals surface area (Å²) in [7, 11) is 0. The summed E-state index contributed by atoms with van der Waals surface area (Å²) in [6, 6.07) is 30.5. The van der Waals surface area contributed by atoms with Crippen LogP contribution in [-0.4, -0.2) is 16.8 Å². The second kappa shape index (κ2) is 7.12. The van der Waals surface area contributed by atoms with Gasteiger partial charge in [0.1, 0.15) is 0 Å². The maximum atomic E-state index is 14.0. The molecule has 2 heteroatoms. The highest BCUT2D eigenvalue weighted by Gasteiger charge is 2.58. The van der Waals surface area contributed by atoms with Gasteiger partial charge in [-0.3, -0.25) is 4.79 Å². The summed E-state index contributed by atoms with van der Waals surface area (Å²) < 4.78 is 0. The van der Waals surface area contributed by atoms with E-state index in [9.17, 15) is 4.79 Å². The zero-order valence-electron chi connectivity index (χ0n) is 17.2. The normalized spacial score (nSPS) is 29.4. The number of likely N-dealkylation sites (tertiary alicyclic amines) is 1. The molecule has 0 unspecified atom stereocenters. The number of carbonyl (C=O) groups is 1. The van der Waals surface area contributed by atoms with Gasteiger partial charge in [0.05, 0.1) is 5.92 Å². The number of amides is 1. The maximum absolute atomic E-state index is 14.0. The van der Waals surface area contributed by atoms with Gasteiger partial charge in [0.2, 0.25) is 5.91 Å². The van der Waals surface area contributed by atoms with E-state index in [1.807, 2.05) is 6.07 Å². The van der Waals surface area contributed by atoms with E-state index in [0.717, 1.165) is 13.0 Å². The molecule has 2 nitrogen and oxygen atoms in total. The van der Waals surface area contributed by atoms with Crippen LogP contribution in [0.4, 0.5) is 0 Å². The highest BCUT2D eigenvalue weighted by atomic mass is 16.2. The molecule has 1 aliphatic heterocycles. The Morgan fingerprint density at radius 3 is 2.20 bits per heavy atom. The summed E-state index contributed by atoms with van der Waals surface area (Å²) in [5.41, 5.74) is 5.39. The zero-order chi connectivity index (χ0) is 20.1. The van der Waals surface area contributed by atoms with Gasteiger partial charge in [-0.05, 0) is 46.9 Å². The SMILES string of the molecule is O=C1[C@@H]2[C@H](c3ccccc3)c3ccccc3[C@@H]3CCC[C@@H]([C@H]23)N1Cc1ccccc1. The minimum absolute atomic E-state index is 0.0568. The van der Waals surface area contributed by atoms with Crippen molar-refractivity contribution in [2.45, 2.75) is 43.7 Å². The lowest BCUT2D eigenvalue weighted by Crippen LogP contribution is -2.40. The summed E-state index contributed by atoms with van der Waals surface area (Å²) in [5.74, 6) is 1.52. The molecule has 3 aromatic rings. The Labute approximate surface area is 178 Å². The molecule has 3 aliphatic rings. The van der Waals surface area contributed by atoms with Crippen LogP contribution in [0, 0.1) is 11.8 Å². The van der Waals surface area contributed by atoms with Crippen LogP contribution >= 0.6 is 0 Å². The Kier molecular flexibility index (Phi) is 4.26. The Bertz CT molecular complexity index is 1060. The molecule has 3 aromatic carbocycles. The molecule has 1 heterocycles. The van der Waals surface area contributed by atoms with Gasteiger partial charge >= 0.3 is 0 Å². The summed E-state index contributed by atoms with van der Waals surface area (Å²) in [5, 5.41) is 0. The van der Waals surface area contributed by atoms with Crippen molar-refractivity contribution in [2.24, 2.45) is 11.8 Å². The van der Waals surface area contributed by atoms with Crippen LogP contribution in [0.3, 0.4) is 0 Å². The van der Waals surface area contributed by atoms with Crippen molar-refractivity contribution in [2.75, 3.05) is 0 Å². The lowest BCUT2D eigenvalue weighted by atomic mass is 9.58. The highest BCUT2D eigenvalue weighted by molar-refractivity contribution is 5.85. The summed E-state index contributed by atoms with van der Waals surface area (Å²) in [4.78, 5) is 16.2. The molecular formula is C28H27NO. The van der Waals surface area contributed by atoms with Crippen LogP contribution in [0.2, 0.25) is 0 Å². The number of hydrogen-bond acceptors (Lipinski definition) is 1. The first-order valence-electron chi connectivity index (χ1n) is 11.3. The number of nitrogens with zero attached hydrogens (tertiary/aromatic N) is 1. The fraction of sp³-hybridized carbons (Fsp3) is 0.321. The van der Waals surface area contributed by atoms with Crippen molar-refractivity contribution < 1.29 is 4.79 Å². The molecule has 0 N–H and O–H groups in total. The van der Waals surface area contributed by atoms with Gasteiger partial charge < -0.3 is 4.90 Å². The summed E-state index contributed by atoms with van der Waals surface area (Å²) in [6.45, 7) is 0.738. The Balaban J connectivity index is 1.49. The largest absolute Gasteiger partial charge is 0.335 e. The lowest BCUT2D eigenvalue weighted by Gasteiger charge is -2.44. The van der Waals surface area contributed by atoms with Gasteiger partial charge in [-0.25, -0.2) is 0 Å². The van der Waals surface area contributed by atoms with E-state index in [4.69, 9.17) is 0 Å². The second-order valence-corrected chi connectivity index (χ2v) is 9.18. The van der Waals surface area contributed by atoms with Crippen molar-refractivity contribution in [1.82, 2.24) is 4.90 Å². The smallest absolute Gasteiger partial charge is 0.227 e.